The Morgan fingerprint density at radius 1 is 1.08 bits per heavy atom. The fourth-order valence-corrected chi connectivity index (χ4v) is 4.99. The summed E-state index contributed by atoms with van der Waals surface area (Å²) < 4.78 is 5.92. The Kier molecular flexibility index (Phi) is 3.29. The van der Waals surface area contributed by atoms with Gasteiger partial charge in [0.1, 0.15) is 6.10 Å². The maximum Gasteiger partial charge on any atom is 0.302 e. The summed E-state index contributed by atoms with van der Waals surface area (Å²) in [7, 11) is 0. The molecule has 0 aromatic heterocycles. The first-order chi connectivity index (χ1) is 12.2. The summed E-state index contributed by atoms with van der Waals surface area (Å²) >= 11 is 0. The van der Waals surface area contributed by atoms with E-state index in [4.69, 9.17) is 4.74 Å². The van der Waals surface area contributed by atoms with Gasteiger partial charge in [-0.2, -0.15) is 0 Å². The van der Waals surface area contributed by atoms with Crippen LogP contribution in [0.25, 0.3) is 0 Å². The van der Waals surface area contributed by atoms with Crippen LogP contribution in [0.3, 0.4) is 0 Å². The van der Waals surface area contributed by atoms with E-state index in [1.807, 2.05) is 0 Å². The normalized spacial score (nSPS) is 29.0. The zero-order valence-corrected chi connectivity index (χ0v) is 14.5. The molecule has 1 unspecified atom stereocenters. The van der Waals surface area contributed by atoms with E-state index in [9.17, 15) is 4.79 Å². The van der Waals surface area contributed by atoms with Crippen molar-refractivity contribution in [2.75, 3.05) is 6.54 Å². The number of benzene rings is 2. The lowest BCUT2D eigenvalue weighted by Crippen LogP contribution is -2.57. The van der Waals surface area contributed by atoms with Crippen LogP contribution >= 0.6 is 0 Å². The van der Waals surface area contributed by atoms with E-state index in [0.717, 1.165) is 13.0 Å². The van der Waals surface area contributed by atoms with Gasteiger partial charge in [0.15, 0.2) is 0 Å². The highest BCUT2D eigenvalue weighted by molar-refractivity contribution is 5.68. The molecule has 3 heteroatoms. The smallest absolute Gasteiger partial charge is 0.302 e. The molecule has 0 spiro atoms. The molecule has 6 rings (SSSR count). The number of carbonyl (C=O) groups is 1. The molecular formula is C22H23NO2. The lowest BCUT2D eigenvalue weighted by Gasteiger charge is -2.53. The van der Waals surface area contributed by atoms with Gasteiger partial charge in [-0.1, -0.05) is 48.5 Å². The zero-order chi connectivity index (χ0) is 17.0. The Morgan fingerprint density at radius 2 is 1.68 bits per heavy atom. The molecule has 128 valence electrons. The fourth-order valence-electron chi connectivity index (χ4n) is 4.99. The van der Waals surface area contributed by atoms with Crippen molar-refractivity contribution in [1.29, 1.82) is 0 Å². The largest absolute Gasteiger partial charge is 0.461 e. The highest BCUT2D eigenvalue weighted by atomic mass is 16.5. The van der Waals surface area contributed by atoms with Gasteiger partial charge in [-0.25, -0.2) is 0 Å². The van der Waals surface area contributed by atoms with Crippen molar-refractivity contribution in [1.82, 2.24) is 5.32 Å². The van der Waals surface area contributed by atoms with Gasteiger partial charge in [-0.15, -0.1) is 0 Å². The first kappa shape index (κ1) is 15.2. The molecule has 1 saturated carbocycles. The van der Waals surface area contributed by atoms with Crippen LogP contribution in [0.1, 0.15) is 54.4 Å². The van der Waals surface area contributed by atoms with E-state index in [2.05, 4.69) is 53.8 Å². The first-order valence-electron chi connectivity index (χ1n) is 9.29. The monoisotopic (exact) mass is 333 g/mol. The van der Waals surface area contributed by atoms with E-state index in [1.54, 1.807) is 0 Å². The van der Waals surface area contributed by atoms with Gasteiger partial charge in [0.2, 0.25) is 0 Å². The Labute approximate surface area is 148 Å². The van der Waals surface area contributed by atoms with Gasteiger partial charge in [0.05, 0.1) is 5.41 Å². The summed E-state index contributed by atoms with van der Waals surface area (Å²) in [6.07, 6.45) is 3.27. The quantitative estimate of drug-likeness (QED) is 0.870. The molecule has 0 heterocycles. The second-order valence-electron chi connectivity index (χ2n) is 7.69. The minimum absolute atomic E-state index is 0.106. The van der Waals surface area contributed by atoms with Gasteiger partial charge >= 0.3 is 5.97 Å². The number of fused-ring (bicyclic) bond motifs is 1. The topological polar surface area (TPSA) is 38.3 Å². The summed E-state index contributed by atoms with van der Waals surface area (Å²) in [5, 5.41) is 3.74. The van der Waals surface area contributed by atoms with Crippen LogP contribution in [0.2, 0.25) is 0 Å². The summed E-state index contributed by atoms with van der Waals surface area (Å²) in [5.41, 5.74) is 5.20. The summed E-state index contributed by atoms with van der Waals surface area (Å²) in [6, 6.07) is 18.1. The van der Waals surface area contributed by atoms with Crippen molar-refractivity contribution in [3.8, 4) is 0 Å². The third-order valence-corrected chi connectivity index (χ3v) is 6.19. The Bertz CT molecular complexity index is 792. The van der Waals surface area contributed by atoms with Crippen molar-refractivity contribution >= 4 is 5.97 Å². The minimum atomic E-state index is -0.282. The molecule has 4 aliphatic rings. The molecule has 0 saturated heterocycles. The van der Waals surface area contributed by atoms with E-state index >= 15 is 0 Å². The molecular weight excluding hydrogens is 310 g/mol. The van der Waals surface area contributed by atoms with Crippen LogP contribution in [0.4, 0.5) is 0 Å². The summed E-state index contributed by atoms with van der Waals surface area (Å²) in [4.78, 5) is 11.9. The Hall–Kier alpha value is -2.13. The van der Waals surface area contributed by atoms with Gasteiger partial charge in [-0.05, 0) is 41.5 Å². The molecule has 2 aromatic rings. The second-order valence-corrected chi connectivity index (χ2v) is 7.69. The predicted molar refractivity (Wildman–Crippen MR) is 96.7 cm³/mol. The SMILES string of the molecule is CC(=O)OC1CC2c3ccccc3C1(CNC1CC1)c1ccccc12. The highest BCUT2D eigenvalue weighted by Gasteiger charge is 2.55. The average molecular weight is 333 g/mol. The summed E-state index contributed by atoms with van der Waals surface area (Å²) in [5.74, 6) is 0.137. The lowest BCUT2D eigenvalue weighted by atomic mass is 9.53. The fraction of sp³-hybridized carbons (Fsp3) is 0.409. The summed E-state index contributed by atoms with van der Waals surface area (Å²) in [6.45, 7) is 2.36. The zero-order valence-electron chi connectivity index (χ0n) is 14.5. The number of carbonyl (C=O) groups excluding carboxylic acids is 1. The molecule has 25 heavy (non-hydrogen) atoms. The van der Waals surface area contributed by atoms with Gasteiger partial charge in [0.25, 0.3) is 0 Å². The van der Waals surface area contributed by atoms with E-state index in [0.29, 0.717) is 12.0 Å². The molecule has 2 aromatic carbocycles. The van der Waals surface area contributed by atoms with E-state index < -0.39 is 0 Å². The number of hydrogen-bond donors (Lipinski definition) is 1. The Balaban J connectivity index is 1.72. The number of esters is 1. The van der Waals surface area contributed by atoms with Crippen molar-refractivity contribution in [3.05, 3.63) is 70.8 Å². The number of nitrogens with one attached hydrogen (secondary N) is 1. The maximum atomic E-state index is 11.9. The molecule has 4 aliphatic carbocycles. The molecule has 1 atom stereocenters. The highest BCUT2D eigenvalue weighted by Crippen LogP contribution is 2.57. The molecule has 1 N–H and O–H groups in total. The lowest BCUT2D eigenvalue weighted by molar-refractivity contribution is -0.151. The minimum Gasteiger partial charge on any atom is -0.461 e. The van der Waals surface area contributed by atoms with Crippen molar-refractivity contribution in [2.45, 2.75) is 49.7 Å². The molecule has 0 aliphatic heterocycles. The third-order valence-electron chi connectivity index (χ3n) is 6.19. The van der Waals surface area contributed by atoms with Crippen LogP contribution in [0, 0.1) is 0 Å². The molecule has 3 nitrogen and oxygen atoms in total. The standard InChI is InChI=1S/C22H23NO2/c1-14(24)25-21-12-18-16-6-2-4-8-19(16)22(21,13-23-15-10-11-15)20-9-5-3-7-17(18)20/h2-9,15,18,21,23H,10-13H2,1H3. The van der Waals surface area contributed by atoms with Crippen LogP contribution in [-0.2, 0) is 14.9 Å². The third kappa shape index (κ3) is 2.18. The van der Waals surface area contributed by atoms with E-state index in [1.165, 1.54) is 42.0 Å². The number of rotatable bonds is 4. The Morgan fingerprint density at radius 3 is 2.24 bits per heavy atom. The van der Waals surface area contributed by atoms with Crippen LogP contribution in [0.5, 0.6) is 0 Å². The van der Waals surface area contributed by atoms with Crippen LogP contribution < -0.4 is 5.32 Å². The maximum absolute atomic E-state index is 11.9. The van der Waals surface area contributed by atoms with Crippen molar-refractivity contribution < 1.29 is 9.53 Å². The second kappa shape index (κ2) is 5.43. The van der Waals surface area contributed by atoms with Crippen LogP contribution in [0.15, 0.2) is 48.5 Å². The van der Waals surface area contributed by atoms with Gasteiger partial charge < -0.3 is 10.1 Å². The molecule has 0 radical (unpaired) electrons. The van der Waals surface area contributed by atoms with Crippen molar-refractivity contribution in [2.24, 2.45) is 0 Å². The van der Waals surface area contributed by atoms with E-state index in [-0.39, 0.29) is 17.5 Å². The van der Waals surface area contributed by atoms with Gasteiger partial charge in [-0.3, -0.25) is 4.79 Å². The predicted octanol–water partition coefficient (Wildman–Crippen LogP) is 3.51. The number of hydrogen-bond acceptors (Lipinski definition) is 3. The number of ether oxygens (including phenoxy) is 1. The van der Waals surface area contributed by atoms with Crippen LogP contribution in [-0.4, -0.2) is 24.7 Å². The molecule has 1 fully saturated rings. The van der Waals surface area contributed by atoms with Crippen molar-refractivity contribution in [3.63, 3.8) is 0 Å². The molecule has 2 bridgehead atoms. The molecule has 0 amide bonds. The van der Waals surface area contributed by atoms with Gasteiger partial charge in [0, 0.05) is 25.4 Å². The first-order valence-corrected chi connectivity index (χ1v) is 9.29. The average Bonchev–Trinajstić information content (AvgIpc) is 3.45.